The highest BCUT2D eigenvalue weighted by Gasteiger charge is 2.68. The summed E-state index contributed by atoms with van der Waals surface area (Å²) in [5.41, 5.74) is 0.0906. The van der Waals surface area contributed by atoms with E-state index in [2.05, 4.69) is 33.0 Å². The zero-order chi connectivity index (χ0) is 15.3. The molecule has 2 rings (SSSR count). The number of hydrogen-bond acceptors (Lipinski definition) is 3. The molecule has 0 radical (unpaired) electrons. The third kappa shape index (κ3) is 2.14. The molecule has 1 fully saturated rings. The first-order valence-corrected chi connectivity index (χ1v) is 7.61. The quantitative estimate of drug-likeness (QED) is 0.891. The maximum absolute atomic E-state index is 12.4. The van der Waals surface area contributed by atoms with E-state index in [9.17, 15) is 14.7 Å². The Labute approximate surface area is 123 Å². The number of rotatable bonds is 4. The van der Waals surface area contributed by atoms with Crippen LogP contribution in [0.3, 0.4) is 0 Å². The fraction of sp³-hybridized carbons (Fsp3) is 0.600. The minimum Gasteiger partial charge on any atom is -0.478 e. The number of carbonyl (C=O) groups is 2. The van der Waals surface area contributed by atoms with Crippen molar-refractivity contribution in [2.45, 2.75) is 41.0 Å². The molecular formula is C15H21NO3S. The van der Waals surface area contributed by atoms with Crippen molar-refractivity contribution in [3.8, 4) is 0 Å². The van der Waals surface area contributed by atoms with Gasteiger partial charge in [0.25, 0.3) is 0 Å². The number of carbonyl (C=O) groups excluding carboxylic acids is 1. The number of nitrogens with one attached hydrogen (secondary N) is 1. The molecule has 1 aromatic rings. The van der Waals surface area contributed by atoms with Gasteiger partial charge in [0, 0.05) is 10.8 Å². The lowest BCUT2D eigenvalue weighted by Gasteiger charge is -2.05. The first-order chi connectivity index (χ1) is 9.12. The van der Waals surface area contributed by atoms with Gasteiger partial charge in [0.15, 0.2) is 0 Å². The number of carboxylic acid groups (broad SMARTS) is 1. The summed E-state index contributed by atoms with van der Waals surface area (Å²) in [6.45, 7) is 10.3. The zero-order valence-electron chi connectivity index (χ0n) is 12.5. The lowest BCUT2D eigenvalue weighted by atomic mass is 10.0. The number of anilines is 1. The normalized spacial score (nSPS) is 19.6. The Morgan fingerprint density at radius 1 is 1.30 bits per heavy atom. The van der Waals surface area contributed by atoms with Crippen LogP contribution in [-0.2, 0) is 11.2 Å². The summed E-state index contributed by atoms with van der Waals surface area (Å²) < 4.78 is 0. The molecule has 1 heterocycles. The Bertz CT molecular complexity index is 558. The van der Waals surface area contributed by atoms with E-state index in [1.165, 1.54) is 11.3 Å². The van der Waals surface area contributed by atoms with E-state index in [-0.39, 0.29) is 28.2 Å². The van der Waals surface area contributed by atoms with Gasteiger partial charge in [-0.3, -0.25) is 4.79 Å². The highest BCUT2D eigenvalue weighted by molar-refractivity contribution is 7.16. The van der Waals surface area contributed by atoms with Gasteiger partial charge in [0.1, 0.15) is 5.00 Å². The van der Waals surface area contributed by atoms with Crippen molar-refractivity contribution in [3.05, 3.63) is 16.5 Å². The van der Waals surface area contributed by atoms with Crippen molar-refractivity contribution in [1.82, 2.24) is 0 Å². The van der Waals surface area contributed by atoms with Crippen LogP contribution >= 0.6 is 11.3 Å². The van der Waals surface area contributed by atoms with Crippen LogP contribution in [0.1, 0.15) is 49.9 Å². The van der Waals surface area contributed by atoms with E-state index in [1.54, 1.807) is 6.07 Å². The fourth-order valence-electron chi connectivity index (χ4n) is 2.90. The molecule has 0 atom stereocenters. The van der Waals surface area contributed by atoms with E-state index >= 15 is 0 Å². The van der Waals surface area contributed by atoms with Crippen LogP contribution in [0.25, 0.3) is 0 Å². The second-order valence-electron chi connectivity index (χ2n) is 6.48. The Kier molecular flexibility index (Phi) is 3.45. The van der Waals surface area contributed by atoms with E-state index in [0.717, 1.165) is 11.3 Å². The van der Waals surface area contributed by atoms with Gasteiger partial charge in [0.2, 0.25) is 5.91 Å². The minimum absolute atomic E-state index is 0.0503. The molecule has 1 aliphatic carbocycles. The highest BCUT2D eigenvalue weighted by Crippen LogP contribution is 2.68. The van der Waals surface area contributed by atoms with Gasteiger partial charge in [-0.1, -0.05) is 34.6 Å². The molecule has 0 aromatic carbocycles. The average Bonchev–Trinajstić information content (AvgIpc) is 2.62. The fourth-order valence-corrected chi connectivity index (χ4v) is 3.90. The number of thiophene rings is 1. The first kappa shape index (κ1) is 15.0. The smallest absolute Gasteiger partial charge is 0.338 e. The summed E-state index contributed by atoms with van der Waals surface area (Å²) >= 11 is 1.35. The van der Waals surface area contributed by atoms with Crippen LogP contribution in [0.2, 0.25) is 0 Å². The third-order valence-electron chi connectivity index (χ3n) is 4.88. The lowest BCUT2D eigenvalue weighted by Crippen LogP contribution is -2.18. The standard InChI is InChI=1S/C15H21NO3S/c1-6-8-7-9(13(18)19)12(20-8)16-11(17)10-14(2,3)15(10,4)5/h7,10H,6H2,1-5H3,(H,16,17)(H,18,19). The third-order valence-corrected chi connectivity index (χ3v) is 6.08. The molecule has 0 saturated heterocycles. The van der Waals surface area contributed by atoms with E-state index in [0.29, 0.717) is 5.00 Å². The Hall–Kier alpha value is -1.36. The molecule has 0 unspecified atom stereocenters. The van der Waals surface area contributed by atoms with Crippen LogP contribution in [0.15, 0.2) is 6.07 Å². The van der Waals surface area contributed by atoms with Crippen LogP contribution in [-0.4, -0.2) is 17.0 Å². The van der Waals surface area contributed by atoms with E-state index in [1.807, 2.05) is 6.92 Å². The molecule has 4 nitrogen and oxygen atoms in total. The molecule has 1 amide bonds. The Balaban J connectivity index is 2.21. The van der Waals surface area contributed by atoms with Crippen molar-refractivity contribution >= 4 is 28.2 Å². The van der Waals surface area contributed by atoms with Crippen molar-refractivity contribution < 1.29 is 14.7 Å². The molecule has 5 heteroatoms. The summed E-state index contributed by atoms with van der Waals surface area (Å²) in [4.78, 5) is 24.6. The van der Waals surface area contributed by atoms with Gasteiger partial charge in [-0.05, 0) is 23.3 Å². The summed E-state index contributed by atoms with van der Waals surface area (Å²) in [6.07, 6.45) is 0.765. The molecule has 20 heavy (non-hydrogen) atoms. The van der Waals surface area contributed by atoms with Crippen LogP contribution in [0.5, 0.6) is 0 Å². The summed E-state index contributed by atoms with van der Waals surface area (Å²) in [7, 11) is 0. The second kappa shape index (κ2) is 4.58. The summed E-state index contributed by atoms with van der Waals surface area (Å²) in [5.74, 6) is -1.15. The van der Waals surface area contributed by atoms with Crippen LogP contribution in [0, 0.1) is 16.7 Å². The monoisotopic (exact) mass is 295 g/mol. The topological polar surface area (TPSA) is 66.4 Å². The van der Waals surface area contributed by atoms with Crippen molar-refractivity contribution in [2.24, 2.45) is 16.7 Å². The molecule has 110 valence electrons. The van der Waals surface area contributed by atoms with Crippen molar-refractivity contribution in [1.29, 1.82) is 0 Å². The Morgan fingerprint density at radius 2 is 1.85 bits per heavy atom. The molecular weight excluding hydrogens is 274 g/mol. The number of hydrogen-bond donors (Lipinski definition) is 2. The predicted molar refractivity (Wildman–Crippen MR) is 80.3 cm³/mol. The lowest BCUT2D eigenvalue weighted by molar-refractivity contribution is -0.118. The molecule has 0 aliphatic heterocycles. The number of carboxylic acids is 1. The molecule has 0 spiro atoms. The maximum atomic E-state index is 12.4. The zero-order valence-corrected chi connectivity index (χ0v) is 13.4. The average molecular weight is 295 g/mol. The van der Waals surface area contributed by atoms with E-state index in [4.69, 9.17) is 0 Å². The number of aryl methyl sites for hydroxylation is 1. The van der Waals surface area contributed by atoms with Crippen molar-refractivity contribution in [2.75, 3.05) is 5.32 Å². The first-order valence-electron chi connectivity index (χ1n) is 6.79. The number of aromatic carboxylic acids is 1. The van der Waals surface area contributed by atoms with Gasteiger partial charge in [-0.2, -0.15) is 0 Å². The Morgan fingerprint density at radius 3 is 2.25 bits per heavy atom. The molecule has 2 N–H and O–H groups in total. The van der Waals surface area contributed by atoms with Crippen molar-refractivity contribution in [3.63, 3.8) is 0 Å². The van der Waals surface area contributed by atoms with Crippen LogP contribution in [0.4, 0.5) is 5.00 Å². The van der Waals surface area contributed by atoms with Gasteiger partial charge in [-0.25, -0.2) is 4.79 Å². The largest absolute Gasteiger partial charge is 0.478 e. The molecule has 1 aliphatic rings. The summed E-state index contributed by atoms with van der Waals surface area (Å²) in [6, 6.07) is 1.64. The van der Waals surface area contributed by atoms with Crippen LogP contribution < -0.4 is 5.32 Å². The molecule has 0 bridgehead atoms. The summed E-state index contributed by atoms with van der Waals surface area (Å²) in [5, 5.41) is 12.5. The second-order valence-corrected chi connectivity index (χ2v) is 7.62. The SMILES string of the molecule is CCc1cc(C(=O)O)c(NC(=O)C2C(C)(C)C2(C)C)s1. The van der Waals surface area contributed by atoms with E-state index < -0.39 is 5.97 Å². The molecule has 1 aromatic heterocycles. The predicted octanol–water partition coefficient (Wildman–Crippen LogP) is 3.63. The van der Waals surface area contributed by atoms with Gasteiger partial charge in [0.05, 0.1) is 5.56 Å². The molecule has 1 saturated carbocycles. The highest BCUT2D eigenvalue weighted by atomic mass is 32.1. The maximum Gasteiger partial charge on any atom is 0.338 e. The minimum atomic E-state index is -0.995. The number of amides is 1. The van der Waals surface area contributed by atoms with Gasteiger partial charge < -0.3 is 10.4 Å². The van der Waals surface area contributed by atoms with Gasteiger partial charge >= 0.3 is 5.97 Å². The van der Waals surface area contributed by atoms with Gasteiger partial charge in [-0.15, -0.1) is 11.3 Å².